The van der Waals surface area contributed by atoms with E-state index in [-0.39, 0.29) is 18.4 Å². The Morgan fingerprint density at radius 2 is 2.00 bits per heavy atom. The molecule has 156 valence electrons. The van der Waals surface area contributed by atoms with Gasteiger partial charge in [-0.2, -0.15) is 0 Å². The van der Waals surface area contributed by atoms with Crippen molar-refractivity contribution in [1.29, 1.82) is 0 Å². The number of para-hydroxylation sites is 1. The van der Waals surface area contributed by atoms with E-state index in [1.807, 2.05) is 38.1 Å². The van der Waals surface area contributed by atoms with Gasteiger partial charge in [0.05, 0.1) is 15.6 Å². The summed E-state index contributed by atoms with van der Waals surface area (Å²) in [6.07, 6.45) is 1.74. The fraction of sp³-hybridized carbons (Fsp3) is 0.190. The Kier molecular flexibility index (Phi) is 7.37. The number of thiocarbonyl (C=S) groups is 1. The summed E-state index contributed by atoms with van der Waals surface area (Å²) < 4.78 is 12.4. The Hall–Kier alpha value is -2.11. The summed E-state index contributed by atoms with van der Waals surface area (Å²) in [7, 11) is 1.53. The monoisotopic (exact) mass is 554 g/mol. The number of halogens is 1. The topological polar surface area (TPSA) is 76.7 Å². The molecule has 6 nitrogen and oxygen atoms in total. The van der Waals surface area contributed by atoms with Crippen molar-refractivity contribution in [2.75, 3.05) is 19.0 Å². The van der Waals surface area contributed by atoms with Crippen LogP contribution in [0.5, 0.6) is 11.5 Å². The minimum absolute atomic E-state index is 0.160. The quantitative estimate of drug-likeness (QED) is 0.313. The third kappa shape index (κ3) is 5.32. The van der Waals surface area contributed by atoms with Crippen molar-refractivity contribution in [3.8, 4) is 11.5 Å². The van der Waals surface area contributed by atoms with Gasteiger partial charge in [-0.3, -0.25) is 9.59 Å². The van der Waals surface area contributed by atoms with Gasteiger partial charge in [0.1, 0.15) is 4.32 Å². The van der Waals surface area contributed by atoms with E-state index < -0.39 is 0 Å². The SMILES string of the molecule is COc1cc(/C=C2\SC(=S)NC2=O)cc(I)c1OCC(=O)Nc1c(C)cccc1C. The number of benzene rings is 2. The average molecular weight is 554 g/mol. The molecule has 1 heterocycles. The van der Waals surface area contributed by atoms with Crippen LogP contribution in [0.3, 0.4) is 0 Å². The van der Waals surface area contributed by atoms with Crippen LogP contribution in [-0.4, -0.2) is 29.9 Å². The maximum absolute atomic E-state index is 12.4. The summed E-state index contributed by atoms with van der Waals surface area (Å²) in [4.78, 5) is 24.8. The molecule has 1 aliphatic heterocycles. The van der Waals surface area contributed by atoms with Crippen LogP contribution in [-0.2, 0) is 9.59 Å². The predicted octanol–water partition coefficient (Wildman–Crippen LogP) is 4.42. The van der Waals surface area contributed by atoms with Crippen molar-refractivity contribution in [3.63, 3.8) is 0 Å². The van der Waals surface area contributed by atoms with Gasteiger partial charge in [-0.1, -0.05) is 42.2 Å². The van der Waals surface area contributed by atoms with Crippen LogP contribution in [0.1, 0.15) is 16.7 Å². The Morgan fingerprint density at radius 3 is 2.60 bits per heavy atom. The fourth-order valence-corrected chi connectivity index (χ4v) is 4.69. The first kappa shape index (κ1) is 22.6. The zero-order valence-electron chi connectivity index (χ0n) is 16.5. The number of anilines is 1. The molecular weight excluding hydrogens is 535 g/mol. The molecule has 0 unspecified atom stereocenters. The van der Waals surface area contributed by atoms with Crippen molar-refractivity contribution < 1.29 is 19.1 Å². The summed E-state index contributed by atoms with van der Waals surface area (Å²) in [5.41, 5.74) is 3.54. The van der Waals surface area contributed by atoms with Crippen LogP contribution >= 0.6 is 46.6 Å². The largest absolute Gasteiger partial charge is 0.493 e. The molecule has 30 heavy (non-hydrogen) atoms. The predicted molar refractivity (Wildman–Crippen MR) is 132 cm³/mol. The molecule has 0 radical (unpaired) electrons. The van der Waals surface area contributed by atoms with Crippen molar-refractivity contribution in [3.05, 3.63) is 55.5 Å². The first-order valence-electron chi connectivity index (χ1n) is 8.89. The van der Waals surface area contributed by atoms with E-state index in [1.54, 1.807) is 12.1 Å². The van der Waals surface area contributed by atoms with Crippen LogP contribution in [0.4, 0.5) is 5.69 Å². The highest BCUT2D eigenvalue weighted by atomic mass is 127. The van der Waals surface area contributed by atoms with E-state index in [4.69, 9.17) is 21.7 Å². The molecule has 0 bridgehead atoms. The molecule has 2 aromatic rings. The lowest BCUT2D eigenvalue weighted by Gasteiger charge is -2.15. The van der Waals surface area contributed by atoms with E-state index >= 15 is 0 Å². The average Bonchev–Trinajstić information content (AvgIpc) is 3.00. The third-order valence-corrected chi connectivity index (χ3v) is 6.25. The molecule has 1 fully saturated rings. The van der Waals surface area contributed by atoms with E-state index in [9.17, 15) is 9.59 Å². The summed E-state index contributed by atoms with van der Waals surface area (Å²) in [6.45, 7) is 3.73. The fourth-order valence-electron chi connectivity index (χ4n) is 2.86. The van der Waals surface area contributed by atoms with Gasteiger partial charge in [-0.15, -0.1) is 0 Å². The number of hydrogen-bond acceptors (Lipinski definition) is 6. The van der Waals surface area contributed by atoms with Gasteiger partial charge in [0.15, 0.2) is 18.1 Å². The standard InChI is InChI=1S/C21H19IN2O4S2/c1-11-5-4-6-12(2)18(11)23-17(25)10-28-19-14(22)7-13(8-15(19)27-3)9-16-20(26)24-21(29)30-16/h4-9H,10H2,1-3H3,(H,23,25)(H,24,26,29)/b16-9-. The first-order chi connectivity index (χ1) is 14.3. The maximum atomic E-state index is 12.4. The molecule has 0 spiro atoms. The van der Waals surface area contributed by atoms with Crippen molar-refractivity contribution in [2.24, 2.45) is 0 Å². The number of rotatable bonds is 6. The van der Waals surface area contributed by atoms with Crippen LogP contribution in [0.2, 0.25) is 0 Å². The molecule has 1 aliphatic rings. The number of nitrogens with one attached hydrogen (secondary N) is 2. The lowest BCUT2D eigenvalue weighted by Crippen LogP contribution is -2.21. The molecule has 0 aromatic heterocycles. The number of ether oxygens (including phenoxy) is 2. The molecular formula is C21H19IN2O4S2. The van der Waals surface area contributed by atoms with Gasteiger partial charge in [-0.05, 0) is 71.3 Å². The van der Waals surface area contributed by atoms with E-state index in [2.05, 4.69) is 33.2 Å². The van der Waals surface area contributed by atoms with E-state index in [0.29, 0.717) is 20.7 Å². The second-order valence-electron chi connectivity index (χ2n) is 6.49. The zero-order chi connectivity index (χ0) is 21.8. The highest BCUT2D eigenvalue weighted by Crippen LogP contribution is 2.36. The van der Waals surface area contributed by atoms with Gasteiger partial charge < -0.3 is 20.1 Å². The number of aryl methyl sites for hydroxylation is 2. The normalized spacial score (nSPS) is 14.6. The van der Waals surface area contributed by atoms with Gasteiger partial charge in [0.2, 0.25) is 0 Å². The third-order valence-electron chi connectivity index (χ3n) is 4.28. The molecule has 9 heteroatoms. The summed E-state index contributed by atoms with van der Waals surface area (Å²) >= 11 is 8.34. The summed E-state index contributed by atoms with van der Waals surface area (Å²) in [6, 6.07) is 9.44. The smallest absolute Gasteiger partial charge is 0.263 e. The van der Waals surface area contributed by atoms with Gasteiger partial charge in [-0.25, -0.2) is 0 Å². The lowest BCUT2D eigenvalue weighted by atomic mass is 10.1. The number of carbonyl (C=O) groups excluding carboxylic acids is 2. The minimum Gasteiger partial charge on any atom is -0.493 e. The Labute approximate surface area is 197 Å². The number of carbonyl (C=O) groups is 2. The Balaban J connectivity index is 1.75. The maximum Gasteiger partial charge on any atom is 0.263 e. The highest BCUT2D eigenvalue weighted by molar-refractivity contribution is 14.1. The minimum atomic E-state index is -0.260. The molecule has 1 saturated heterocycles. The number of amides is 2. The Bertz CT molecular complexity index is 1050. The highest BCUT2D eigenvalue weighted by Gasteiger charge is 2.22. The van der Waals surface area contributed by atoms with Gasteiger partial charge >= 0.3 is 0 Å². The summed E-state index contributed by atoms with van der Waals surface area (Å²) in [5, 5.41) is 5.49. The van der Waals surface area contributed by atoms with Gasteiger partial charge in [0.25, 0.3) is 11.8 Å². The second kappa shape index (κ2) is 9.80. The number of methoxy groups -OCH3 is 1. The lowest BCUT2D eigenvalue weighted by molar-refractivity contribution is -0.118. The van der Waals surface area contributed by atoms with Crippen molar-refractivity contribution in [1.82, 2.24) is 5.32 Å². The first-order valence-corrected chi connectivity index (χ1v) is 11.2. The molecule has 2 N–H and O–H groups in total. The number of hydrogen-bond donors (Lipinski definition) is 2. The van der Waals surface area contributed by atoms with Gasteiger partial charge in [0, 0.05) is 5.69 Å². The molecule has 2 aromatic carbocycles. The van der Waals surface area contributed by atoms with E-state index in [1.165, 1.54) is 18.9 Å². The van der Waals surface area contributed by atoms with Crippen LogP contribution in [0.15, 0.2) is 35.2 Å². The molecule has 3 rings (SSSR count). The second-order valence-corrected chi connectivity index (χ2v) is 9.37. The molecule has 0 atom stereocenters. The van der Waals surface area contributed by atoms with Crippen LogP contribution in [0, 0.1) is 17.4 Å². The Morgan fingerprint density at radius 1 is 1.30 bits per heavy atom. The zero-order valence-corrected chi connectivity index (χ0v) is 20.3. The van der Waals surface area contributed by atoms with Crippen LogP contribution < -0.4 is 20.1 Å². The van der Waals surface area contributed by atoms with Crippen molar-refractivity contribution in [2.45, 2.75) is 13.8 Å². The molecule has 0 aliphatic carbocycles. The van der Waals surface area contributed by atoms with Crippen LogP contribution in [0.25, 0.3) is 6.08 Å². The summed E-state index contributed by atoms with van der Waals surface area (Å²) in [5.74, 6) is 0.460. The van der Waals surface area contributed by atoms with E-state index in [0.717, 1.165) is 25.9 Å². The molecule has 2 amide bonds. The van der Waals surface area contributed by atoms with Crippen molar-refractivity contribution >= 4 is 74.5 Å². The molecule has 0 saturated carbocycles. The number of thioether (sulfide) groups is 1.